The Morgan fingerprint density at radius 2 is 1.79 bits per heavy atom. The van der Waals surface area contributed by atoms with Crippen LogP contribution >= 0.6 is 11.6 Å². The van der Waals surface area contributed by atoms with Crippen molar-refractivity contribution in [3.63, 3.8) is 0 Å². The number of hydrogen-bond acceptors (Lipinski definition) is 2. The Morgan fingerprint density at radius 1 is 0.947 bits per heavy atom. The van der Waals surface area contributed by atoms with Crippen LogP contribution in [0.15, 0.2) is 60.8 Å². The van der Waals surface area contributed by atoms with E-state index >= 15 is 0 Å². The van der Waals surface area contributed by atoms with Crippen LogP contribution in [0.3, 0.4) is 0 Å². The number of anilines is 1. The van der Waals surface area contributed by atoms with E-state index in [0.29, 0.717) is 6.54 Å². The van der Waals surface area contributed by atoms with Gasteiger partial charge in [-0.25, -0.2) is 0 Å². The molecule has 0 spiro atoms. The summed E-state index contributed by atoms with van der Waals surface area (Å²) < 4.78 is 0. The summed E-state index contributed by atoms with van der Waals surface area (Å²) in [6, 6.07) is 18.0. The normalized spacial score (nSPS) is 10.6. The maximum Gasteiger partial charge on any atom is 0.0751 e. The van der Waals surface area contributed by atoms with Gasteiger partial charge in [-0.1, -0.05) is 48.0 Å². The van der Waals surface area contributed by atoms with Crippen LogP contribution in [0.2, 0.25) is 5.02 Å². The first-order chi connectivity index (χ1) is 9.34. The maximum absolute atomic E-state index is 6.13. The van der Waals surface area contributed by atoms with Gasteiger partial charge in [0.25, 0.3) is 0 Å². The summed E-state index contributed by atoms with van der Waals surface area (Å²) in [6.07, 6.45) is 1.82. The fourth-order valence-electron chi connectivity index (χ4n) is 2.11. The molecule has 0 radical (unpaired) electrons. The molecule has 1 N–H and O–H groups in total. The molecule has 3 rings (SSSR count). The quantitative estimate of drug-likeness (QED) is 0.756. The third kappa shape index (κ3) is 2.54. The number of aromatic nitrogens is 1. The Bertz CT molecular complexity index is 704. The minimum absolute atomic E-state index is 0.706. The Kier molecular flexibility index (Phi) is 3.34. The van der Waals surface area contributed by atoms with Gasteiger partial charge < -0.3 is 5.32 Å². The van der Waals surface area contributed by atoms with Gasteiger partial charge in [-0.05, 0) is 23.8 Å². The van der Waals surface area contributed by atoms with Crippen LogP contribution in [0.25, 0.3) is 10.9 Å². The van der Waals surface area contributed by atoms with Crippen LogP contribution < -0.4 is 5.32 Å². The predicted molar refractivity (Wildman–Crippen MR) is 80.5 cm³/mol. The lowest BCUT2D eigenvalue weighted by Crippen LogP contribution is -2.01. The summed E-state index contributed by atoms with van der Waals surface area (Å²) in [5, 5.41) is 5.24. The van der Waals surface area contributed by atoms with Crippen molar-refractivity contribution in [3.05, 3.63) is 71.4 Å². The van der Waals surface area contributed by atoms with Crippen molar-refractivity contribution in [2.75, 3.05) is 5.32 Å². The number of fused-ring (bicyclic) bond motifs is 1. The summed E-state index contributed by atoms with van der Waals surface area (Å²) in [5.41, 5.74) is 3.14. The summed E-state index contributed by atoms with van der Waals surface area (Å²) in [7, 11) is 0. The second-order valence-electron chi connectivity index (χ2n) is 4.33. The minimum Gasteiger partial charge on any atom is -0.380 e. The van der Waals surface area contributed by atoms with Gasteiger partial charge in [0, 0.05) is 18.1 Å². The second-order valence-corrected chi connectivity index (χ2v) is 4.73. The van der Waals surface area contributed by atoms with Gasteiger partial charge in [-0.2, -0.15) is 0 Å². The molecule has 3 heteroatoms. The van der Waals surface area contributed by atoms with Crippen LogP contribution in [-0.4, -0.2) is 4.98 Å². The van der Waals surface area contributed by atoms with E-state index in [1.54, 1.807) is 0 Å². The molecule has 0 saturated carbocycles. The molecule has 3 aromatic rings. The molecule has 0 bridgehead atoms. The van der Waals surface area contributed by atoms with E-state index in [4.69, 9.17) is 11.6 Å². The first-order valence-corrected chi connectivity index (χ1v) is 6.53. The lowest BCUT2D eigenvalue weighted by atomic mass is 10.1. The largest absolute Gasteiger partial charge is 0.380 e. The average Bonchev–Trinajstić information content (AvgIpc) is 2.46. The van der Waals surface area contributed by atoms with Gasteiger partial charge in [0.15, 0.2) is 0 Å². The van der Waals surface area contributed by atoms with E-state index in [0.717, 1.165) is 27.2 Å². The highest BCUT2D eigenvalue weighted by atomic mass is 35.5. The predicted octanol–water partition coefficient (Wildman–Crippen LogP) is 4.50. The molecule has 19 heavy (non-hydrogen) atoms. The third-order valence-electron chi connectivity index (χ3n) is 3.06. The van der Waals surface area contributed by atoms with Crippen LogP contribution in [-0.2, 0) is 6.54 Å². The summed E-state index contributed by atoms with van der Waals surface area (Å²) in [6.45, 7) is 0.706. The van der Waals surface area contributed by atoms with Gasteiger partial charge in [0.1, 0.15) is 0 Å². The van der Waals surface area contributed by atoms with Crippen LogP contribution in [0.4, 0.5) is 5.69 Å². The standard InChI is InChI=1S/C16H13ClN2/c17-14-8-1-2-9-15(14)19-11-13-6-3-5-12-7-4-10-18-16(12)13/h1-10,19H,11H2. The van der Waals surface area contributed by atoms with E-state index < -0.39 is 0 Å². The Labute approximate surface area is 117 Å². The monoisotopic (exact) mass is 268 g/mol. The van der Waals surface area contributed by atoms with E-state index in [1.165, 1.54) is 0 Å². The molecule has 0 aliphatic heterocycles. The van der Waals surface area contributed by atoms with Gasteiger partial charge in [0.2, 0.25) is 0 Å². The van der Waals surface area contributed by atoms with Crippen molar-refractivity contribution in [2.45, 2.75) is 6.54 Å². The zero-order chi connectivity index (χ0) is 13.1. The molecule has 2 nitrogen and oxygen atoms in total. The summed E-state index contributed by atoms with van der Waals surface area (Å²) in [4.78, 5) is 4.44. The molecule has 0 saturated heterocycles. The number of nitrogens with one attached hydrogen (secondary N) is 1. The first kappa shape index (κ1) is 12.0. The Hall–Kier alpha value is -2.06. The number of pyridine rings is 1. The fraction of sp³-hybridized carbons (Fsp3) is 0.0625. The van der Waals surface area contributed by atoms with Gasteiger partial charge >= 0.3 is 0 Å². The Balaban J connectivity index is 1.88. The van der Waals surface area contributed by atoms with Crippen molar-refractivity contribution < 1.29 is 0 Å². The number of para-hydroxylation sites is 2. The molecule has 0 fully saturated rings. The van der Waals surface area contributed by atoms with Crippen molar-refractivity contribution in [1.82, 2.24) is 4.98 Å². The smallest absolute Gasteiger partial charge is 0.0751 e. The van der Waals surface area contributed by atoms with E-state index in [-0.39, 0.29) is 0 Å². The lowest BCUT2D eigenvalue weighted by Gasteiger charge is -2.09. The number of halogens is 1. The lowest BCUT2D eigenvalue weighted by molar-refractivity contribution is 1.15. The average molecular weight is 269 g/mol. The van der Waals surface area contributed by atoms with Gasteiger partial charge in [0.05, 0.1) is 16.2 Å². The van der Waals surface area contributed by atoms with Crippen LogP contribution in [0.1, 0.15) is 5.56 Å². The molecular formula is C16H13ClN2. The summed E-state index contributed by atoms with van der Waals surface area (Å²) in [5.74, 6) is 0. The molecule has 0 aliphatic rings. The minimum atomic E-state index is 0.706. The number of rotatable bonds is 3. The van der Waals surface area contributed by atoms with Gasteiger partial charge in [-0.3, -0.25) is 4.98 Å². The molecule has 2 aromatic carbocycles. The van der Waals surface area contributed by atoms with E-state index in [1.807, 2.05) is 42.6 Å². The molecule has 1 aromatic heterocycles. The zero-order valence-electron chi connectivity index (χ0n) is 10.3. The van der Waals surface area contributed by atoms with Crippen LogP contribution in [0.5, 0.6) is 0 Å². The molecule has 1 heterocycles. The molecule has 0 atom stereocenters. The van der Waals surface area contributed by atoms with E-state index in [9.17, 15) is 0 Å². The highest BCUT2D eigenvalue weighted by Crippen LogP contribution is 2.22. The molecule has 0 amide bonds. The van der Waals surface area contributed by atoms with Crippen LogP contribution in [0, 0.1) is 0 Å². The number of benzene rings is 2. The van der Waals surface area contributed by atoms with Crippen molar-refractivity contribution in [2.24, 2.45) is 0 Å². The molecular weight excluding hydrogens is 256 g/mol. The SMILES string of the molecule is Clc1ccccc1NCc1cccc2cccnc12. The maximum atomic E-state index is 6.13. The number of hydrogen-bond donors (Lipinski definition) is 1. The zero-order valence-corrected chi connectivity index (χ0v) is 11.1. The third-order valence-corrected chi connectivity index (χ3v) is 3.39. The van der Waals surface area contributed by atoms with Crippen molar-refractivity contribution in [3.8, 4) is 0 Å². The highest BCUT2D eigenvalue weighted by molar-refractivity contribution is 6.33. The van der Waals surface area contributed by atoms with Crippen molar-refractivity contribution in [1.29, 1.82) is 0 Å². The first-order valence-electron chi connectivity index (χ1n) is 6.15. The van der Waals surface area contributed by atoms with Gasteiger partial charge in [-0.15, -0.1) is 0 Å². The second kappa shape index (κ2) is 5.29. The fourth-order valence-corrected chi connectivity index (χ4v) is 2.31. The molecule has 94 valence electrons. The highest BCUT2D eigenvalue weighted by Gasteiger charge is 2.03. The topological polar surface area (TPSA) is 24.9 Å². The number of nitrogens with zero attached hydrogens (tertiary/aromatic N) is 1. The molecule has 0 unspecified atom stereocenters. The molecule has 0 aliphatic carbocycles. The summed E-state index contributed by atoms with van der Waals surface area (Å²) >= 11 is 6.13. The van der Waals surface area contributed by atoms with Crippen molar-refractivity contribution >= 4 is 28.2 Å². The Morgan fingerprint density at radius 3 is 2.68 bits per heavy atom. The van der Waals surface area contributed by atoms with E-state index in [2.05, 4.69) is 28.5 Å².